The van der Waals surface area contributed by atoms with Gasteiger partial charge in [0.25, 0.3) is 5.91 Å². The molecule has 2 aliphatic heterocycles. The Labute approximate surface area is 144 Å². The van der Waals surface area contributed by atoms with Gasteiger partial charge >= 0.3 is 0 Å². The van der Waals surface area contributed by atoms with Crippen LogP contribution in [-0.4, -0.2) is 58.3 Å². The fourth-order valence-corrected chi connectivity index (χ4v) is 4.47. The van der Waals surface area contributed by atoms with Crippen molar-refractivity contribution in [3.63, 3.8) is 0 Å². The SMILES string of the molecule is O=C(c1csnn1)N1CCC2(CC1)CN(CCO)c1ccccc12. The summed E-state index contributed by atoms with van der Waals surface area (Å²) in [6.07, 6.45) is 1.88. The molecule has 0 bridgehead atoms. The highest BCUT2D eigenvalue weighted by Gasteiger charge is 2.45. The van der Waals surface area contributed by atoms with E-state index in [2.05, 4.69) is 38.8 Å². The van der Waals surface area contributed by atoms with E-state index in [1.807, 2.05) is 4.90 Å². The predicted octanol–water partition coefficient (Wildman–Crippen LogP) is 1.52. The maximum Gasteiger partial charge on any atom is 0.275 e. The molecule has 0 aliphatic carbocycles. The number of rotatable bonds is 3. The van der Waals surface area contributed by atoms with E-state index < -0.39 is 0 Å². The molecule has 1 N–H and O–H groups in total. The Kier molecular flexibility index (Phi) is 3.97. The minimum atomic E-state index is -0.0166. The third-order valence-electron chi connectivity index (χ3n) is 5.27. The van der Waals surface area contributed by atoms with E-state index in [1.165, 1.54) is 22.8 Å². The van der Waals surface area contributed by atoms with E-state index in [-0.39, 0.29) is 17.9 Å². The number of piperidine rings is 1. The van der Waals surface area contributed by atoms with E-state index in [1.54, 1.807) is 5.38 Å². The summed E-state index contributed by atoms with van der Waals surface area (Å²) in [5.41, 5.74) is 3.13. The molecule has 0 unspecified atom stereocenters. The first-order chi connectivity index (χ1) is 11.7. The second kappa shape index (κ2) is 6.14. The zero-order valence-corrected chi connectivity index (χ0v) is 14.2. The normalized spacial score (nSPS) is 18.9. The Balaban J connectivity index is 1.53. The minimum Gasteiger partial charge on any atom is -0.395 e. The number of aromatic nitrogens is 2. The van der Waals surface area contributed by atoms with Crippen LogP contribution in [0.3, 0.4) is 0 Å². The fraction of sp³-hybridized carbons (Fsp3) is 0.471. The van der Waals surface area contributed by atoms with Crippen LogP contribution in [0, 0.1) is 0 Å². The van der Waals surface area contributed by atoms with E-state index in [0.717, 1.165) is 32.5 Å². The number of nitrogens with zero attached hydrogens (tertiary/aromatic N) is 4. The number of fused-ring (bicyclic) bond motifs is 2. The van der Waals surface area contributed by atoms with Crippen LogP contribution in [-0.2, 0) is 5.41 Å². The van der Waals surface area contributed by atoms with Crippen LogP contribution in [0.2, 0.25) is 0 Å². The third-order valence-corrected chi connectivity index (χ3v) is 5.77. The first-order valence-corrected chi connectivity index (χ1v) is 9.09. The number of likely N-dealkylation sites (tertiary alicyclic amines) is 1. The number of anilines is 1. The molecule has 1 spiro atoms. The molecule has 1 saturated heterocycles. The molecule has 7 heteroatoms. The Bertz CT molecular complexity index is 726. The van der Waals surface area contributed by atoms with Crippen LogP contribution in [0.5, 0.6) is 0 Å². The number of carbonyl (C=O) groups excluding carboxylic acids is 1. The second-order valence-electron chi connectivity index (χ2n) is 6.52. The van der Waals surface area contributed by atoms with Crippen molar-refractivity contribution in [3.05, 3.63) is 40.9 Å². The third kappa shape index (κ3) is 2.48. The Hall–Kier alpha value is -1.99. The lowest BCUT2D eigenvalue weighted by molar-refractivity contribution is 0.0668. The van der Waals surface area contributed by atoms with Gasteiger partial charge in [0.1, 0.15) is 0 Å². The molecule has 2 aliphatic rings. The molecular formula is C17H20N4O2S. The van der Waals surface area contributed by atoms with E-state index >= 15 is 0 Å². The average molecular weight is 344 g/mol. The van der Waals surface area contributed by atoms with Crippen molar-refractivity contribution in [1.82, 2.24) is 14.5 Å². The van der Waals surface area contributed by atoms with Gasteiger partial charge in [0.15, 0.2) is 5.69 Å². The largest absolute Gasteiger partial charge is 0.395 e. The smallest absolute Gasteiger partial charge is 0.275 e. The quantitative estimate of drug-likeness (QED) is 0.914. The number of hydrogen-bond donors (Lipinski definition) is 1. The molecule has 1 amide bonds. The number of amides is 1. The van der Waals surface area contributed by atoms with Crippen LogP contribution in [0.25, 0.3) is 0 Å². The van der Waals surface area contributed by atoms with Crippen molar-refractivity contribution >= 4 is 23.1 Å². The summed E-state index contributed by atoms with van der Waals surface area (Å²) in [6, 6.07) is 8.48. The van der Waals surface area contributed by atoms with E-state index in [9.17, 15) is 9.90 Å². The van der Waals surface area contributed by atoms with Gasteiger partial charge in [-0.15, -0.1) is 5.10 Å². The van der Waals surface area contributed by atoms with E-state index in [0.29, 0.717) is 12.2 Å². The molecular weight excluding hydrogens is 324 g/mol. The van der Waals surface area contributed by atoms with Crippen LogP contribution < -0.4 is 4.90 Å². The Morgan fingerprint density at radius 1 is 1.29 bits per heavy atom. The first kappa shape index (κ1) is 15.5. The first-order valence-electron chi connectivity index (χ1n) is 8.25. The van der Waals surface area contributed by atoms with Crippen molar-refractivity contribution in [1.29, 1.82) is 0 Å². The van der Waals surface area contributed by atoms with Crippen LogP contribution in [0.1, 0.15) is 28.9 Å². The molecule has 4 rings (SSSR count). The van der Waals surface area contributed by atoms with Gasteiger partial charge in [0.2, 0.25) is 0 Å². The summed E-state index contributed by atoms with van der Waals surface area (Å²) in [4.78, 5) is 16.6. The number of benzene rings is 1. The lowest BCUT2D eigenvalue weighted by Crippen LogP contribution is -2.47. The van der Waals surface area contributed by atoms with Gasteiger partial charge < -0.3 is 14.9 Å². The van der Waals surface area contributed by atoms with Gasteiger partial charge in [0.05, 0.1) is 6.61 Å². The number of para-hydroxylation sites is 1. The lowest BCUT2D eigenvalue weighted by Gasteiger charge is -2.39. The Morgan fingerprint density at radius 2 is 2.08 bits per heavy atom. The molecule has 6 nitrogen and oxygen atoms in total. The fourth-order valence-electron chi connectivity index (χ4n) is 4.04. The van der Waals surface area contributed by atoms with Gasteiger partial charge in [-0.2, -0.15) is 0 Å². The molecule has 24 heavy (non-hydrogen) atoms. The lowest BCUT2D eigenvalue weighted by atomic mass is 9.74. The topological polar surface area (TPSA) is 69.6 Å². The summed E-state index contributed by atoms with van der Waals surface area (Å²) in [6.45, 7) is 3.21. The van der Waals surface area contributed by atoms with Gasteiger partial charge in [-0.1, -0.05) is 22.7 Å². The summed E-state index contributed by atoms with van der Waals surface area (Å²) in [5, 5.41) is 15.0. The van der Waals surface area contributed by atoms with Crippen LogP contribution in [0.4, 0.5) is 5.69 Å². The van der Waals surface area contributed by atoms with Crippen LogP contribution >= 0.6 is 11.5 Å². The number of aliphatic hydroxyl groups excluding tert-OH is 1. The zero-order chi connectivity index (χ0) is 16.6. The number of carbonyl (C=O) groups is 1. The standard InChI is InChI=1S/C17H20N4O2S/c22-10-9-21-12-17(13-3-1-2-4-15(13)21)5-7-20(8-6-17)16(23)14-11-24-19-18-14/h1-4,11,22H,5-10,12H2. The summed E-state index contributed by atoms with van der Waals surface area (Å²) in [7, 11) is 0. The Morgan fingerprint density at radius 3 is 2.79 bits per heavy atom. The zero-order valence-electron chi connectivity index (χ0n) is 13.4. The number of β-amino-alcohol motifs (C(OH)–C–C–N with tert-alkyl or cyclic N) is 1. The van der Waals surface area contributed by atoms with Gasteiger partial charge in [-0.3, -0.25) is 4.79 Å². The van der Waals surface area contributed by atoms with Crippen molar-refractivity contribution in [3.8, 4) is 0 Å². The van der Waals surface area contributed by atoms with Crippen molar-refractivity contribution in [2.45, 2.75) is 18.3 Å². The summed E-state index contributed by atoms with van der Waals surface area (Å²) < 4.78 is 3.78. The molecule has 3 heterocycles. The monoisotopic (exact) mass is 344 g/mol. The highest BCUT2D eigenvalue weighted by atomic mass is 32.1. The molecule has 0 saturated carbocycles. The van der Waals surface area contributed by atoms with Crippen LogP contribution in [0.15, 0.2) is 29.6 Å². The number of hydrogen-bond acceptors (Lipinski definition) is 6. The maximum absolute atomic E-state index is 12.5. The molecule has 1 fully saturated rings. The van der Waals surface area contributed by atoms with Crippen molar-refractivity contribution < 1.29 is 9.90 Å². The molecule has 2 aromatic rings. The highest BCUT2D eigenvalue weighted by Crippen LogP contribution is 2.46. The molecule has 1 aromatic heterocycles. The van der Waals surface area contributed by atoms with Gasteiger partial charge in [-0.05, 0) is 36.0 Å². The molecule has 126 valence electrons. The number of aliphatic hydroxyl groups is 1. The van der Waals surface area contributed by atoms with Gasteiger partial charge in [0, 0.05) is 42.7 Å². The highest BCUT2D eigenvalue weighted by molar-refractivity contribution is 7.03. The maximum atomic E-state index is 12.5. The van der Waals surface area contributed by atoms with Crippen molar-refractivity contribution in [2.75, 3.05) is 37.7 Å². The molecule has 1 aromatic carbocycles. The van der Waals surface area contributed by atoms with Gasteiger partial charge in [-0.25, -0.2) is 0 Å². The molecule has 0 radical (unpaired) electrons. The average Bonchev–Trinajstić information content (AvgIpc) is 3.24. The molecule has 0 atom stereocenters. The minimum absolute atomic E-state index is 0.0166. The summed E-state index contributed by atoms with van der Waals surface area (Å²) in [5.74, 6) is -0.0166. The second-order valence-corrected chi connectivity index (χ2v) is 7.13. The summed E-state index contributed by atoms with van der Waals surface area (Å²) >= 11 is 1.21. The van der Waals surface area contributed by atoms with Crippen molar-refractivity contribution in [2.24, 2.45) is 0 Å². The predicted molar refractivity (Wildman–Crippen MR) is 92.5 cm³/mol. The van der Waals surface area contributed by atoms with E-state index in [4.69, 9.17) is 0 Å².